The van der Waals surface area contributed by atoms with E-state index >= 15 is 0 Å². The Bertz CT molecular complexity index is 229. The predicted octanol–water partition coefficient (Wildman–Crippen LogP) is 1.03. The normalized spacial score (nSPS) is 20.2. The van der Waals surface area contributed by atoms with E-state index in [4.69, 9.17) is 4.74 Å². The molecule has 0 amide bonds. The molecule has 1 aliphatic rings. The summed E-state index contributed by atoms with van der Waals surface area (Å²) in [6.07, 6.45) is 4.06. The molecule has 0 spiro atoms. The van der Waals surface area contributed by atoms with Gasteiger partial charge in [0.05, 0.1) is 6.61 Å². The first-order chi connectivity index (χ1) is 8.52. The molecule has 0 heterocycles. The molecule has 1 unspecified atom stereocenters. The van der Waals surface area contributed by atoms with E-state index in [2.05, 4.69) is 43.2 Å². The van der Waals surface area contributed by atoms with Crippen LogP contribution in [0, 0.1) is 0 Å². The van der Waals surface area contributed by atoms with Crippen molar-refractivity contribution in [3.05, 3.63) is 0 Å². The van der Waals surface area contributed by atoms with Crippen molar-refractivity contribution in [2.24, 2.45) is 0 Å². The van der Waals surface area contributed by atoms with Gasteiger partial charge in [-0.3, -0.25) is 0 Å². The molecule has 0 aromatic heterocycles. The van der Waals surface area contributed by atoms with Crippen LogP contribution in [0.1, 0.15) is 26.2 Å². The van der Waals surface area contributed by atoms with Crippen molar-refractivity contribution in [3.63, 3.8) is 0 Å². The SMILES string of the molecule is COCCNCC(C)N(C)CC1(N(C)C)CCC1. The smallest absolute Gasteiger partial charge is 0.0587 e. The van der Waals surface area contributed by atoms with Crippen LogP contribution < -0.4 is 5.32 Å². The third-order valence-electron chi connectivity index (χ3n) is 4.45. The highest BCUT2D eigenvalue weighted by Gasteiger charge is 2.40. The molecular formula is C14H31N3O. The van der Waals surface area contributed by atoms with Crippen molar-refractivity contribution in [1.82, 2.24) is 15.1 Å². The van der Waals surface area contributed by atoms with Crippen LogP contribution in [0.3, 0.4) is 0 Å². The zero-order valence-electron chi connectivity index (χ0n) is 12.8. The van der Waals surface area contributed by atoms with Crippen molar-refractivity contribution in [1.29, 1.82) is 0 Å². The Morgan fingerprint density at radius 3 is 2.39 bits per heavy atom. The Balaban J connectivity index is 2.28. The molecule has 1 N–H and O–H groups in total. The maximum Gasteiger partial charge on any atom is 0.0587 e. The van der Waals surface area contributed by atoms with E-state index < -0.39 is 0 Å². The van der Waals surface area contributed by atoms with Crippen LogP contribution in [0.25, 0.3) is 0 Å². The second kappa shape index (κ2) is 7.43. The summed E-state index contributed by atoms with van der Waals surface area (Å²) in [6, 6.07) is 0.569. The van der Waals surface area contributed by atoms with Gasteiger partial charge in [0.1, 0.15) is 0 Å². The summed E-state index contributed by atoms with van der Waals surface area (Å²) in [5, 5.41) is 3.44. The van der Waals surface area contributed by atoms with Gasteiger partial charge in [0.15, 0.2) is 0 Å². The molecule has 0 aliphatic heterocycles. The van der Waals surface area contributed by atoms with Gasteiger partial charge >= 0.3 is 0 Å². The molecule has 1 atom stereocenters. The number of ether oxygens (including phenoxy) is 1. The number of hydrogen-bond donors (Lipinski definition) is 1. The summed E-state index contributed by atoms with van der Waals surface area (Å²) in [5.74, 6) is 0. The molecular weight excluding hydrogens is 226 g/mol. The Morgan fingerprint density at radius 2 is 1.94 bits per heavy atom. The van der Waals surface area contributed by atoms with Crippen molar-refractivity contribution in [2.45, 2.75) is 37.8 Å². The van der Waals surface area contributed by atoms with Gasteiger partial charge in [-0.25, -0.2) is 0 Å². The summed E-state index contributed by atoms with van der Waals surface area (Å²) in [6.45, 7) is 6.23. The quantitative estimate of drug-likeness (QED) is 0.624. The zero-order valence-corrected chi connectivity index (χ0v) is 12.8. The molecule has 1 rings (SSSR count). The minimum absolute atomic E-state index is 0.426. The first-order valence-corrected chi connectivity index (χ1v) is 7.09. The predicted molar refractivity (Wildman–Crippen MR) is 77.1 cm³/mol. The topological polar surface area (TPSA) is 27.7 Å². The first-order valence-electron chi connectivity index (χ1n) is 7.09. The van der Waals surface area contributed by atoms with Gasteiger partial charge in [0.25, 0.3) is 0 Å². The van der Waals surface area contributed by atoms with Crippen molar-refractivity contribution >= 4 is 0 Å². The lowest BCUT2D eigenvalue weighted by Crippen LogP contribution is -2.58. The van der Waals surface area contributed by atoms with Crippen LogP contribution >= 0.6 is 0 Å². The van der Waals surface area contributed by atoms with E-state index in [0.717, 1.165) is 19.7 Å². The fourth-order valence-corrected chi connectivity index (χ4v) is 2.59. The minimum Gasteiger partial charge on any atom is -0.383 e. The molecule has 0 bridgehead atoms. The summed E-state index contributed by atoms with van der Waals surface area (Å²) in [4.78, 5) is 4.90. The van der Waals surface area contributed by atoms with Crippen molar-refractivity contribution in [2.75, 3.05) is 54.5 Å². The summed E-state index contributed by atoms with van der Waals surface area (Å²) < 4.78 is 5.04. The van der Waals surface area contributed by atoms with Crippen molar-refractivity contribution < 1.29 is 4.74 Å². The summed E-state index contributed by atoms with van der Waals surface area (Å²) in [7, 11) is 8.42. The number of rotatable bonds is 9. The number of methoxy groups -OCH3 is 1. The maximum absolute atomic E-state index is 5.04. The van der Waals surface area contributed by atoms with Crippen LogP contribution in [-0.4, -0.2) is 75.9 Å². The van der Waals surface area contributed by atoms with Gasteiger partial charge in [-0.05, 0) is 47.3 Å². The maximum atomic E-state index is 5.04. The number of nitrogens with zero attached hydrogens (tertiary/aromatic N) is 2. The Hall–Kier alpha value is -0.160. The molecule has 0 aromatic carbocycles. The third-order valence-corrected chi connectivity index (χ3v) is 4.45. The molecule has 0 aromatic rings. The lowest BCUT2D eigenvalue weighted by molar-refractivity contribution is 0.0181. The van der Waals surface area contributed by atoms with Crippen LogP contribution in [0.15, 0.2) is 0 Å². The van der Waals surface area contributed by atoms with Gasteiger partial charge < -0.3 is 19.9 Å². The van der Waals surface area contributed by atoms with Gasteiger partial charge in [-0.1, -0.05) is 0 Å². The lowest BCUT2D eigenvalue weighted by atomic mass is 9.75. The standard InChI is InChI=1S/C14H31N3O/c1-13(11-15-9-10-18-5)17(4)12-14(16(2)3)7-6-8-14/h13,15H,6-12H2,1-5H3. The minimum atomic E-state index is 0.426. The summed E-state index contributed by atoms with van der Waals surface area (Å²) in [5.41, 5.74) is 0.426. The molecule has 4 heteroatoms. The van der Waals surface area contributed by atoms with Crippen molar-refractivity contribution in [3.8, 4) is 0 Å². The molecule has 4 nitrogen and oxygen atoms in total. The number of hydrogen-bond acceptors (Lipinski definition) is 4. The highest BCUT2D eigenvalue weighted by Crippen LogP contribution is 2.36. The molecule has 0 radical (unpaired) electrons. The van der Waals surface area contributed by atoms with Crippen LogP contribution in [0.5, 0.6) is 0 Å². The molecule has 1 aliphatic carbocycles. The van der Waals surface area contributed by atoms with Gasteiger partial charge in [-0.2, -0.15) is 0 Å². The van der Waals surface area contributed by atoms with E-state index in [-0.39, 0.29) is 0 Å². The highest BCUT2D eigenvalue weighted by atomic mass is 16.5. The van der Waals surface area contributed by atoms with Gasteiger partial charge in [0.2, 0.25) is 0 Å². The Morgan fingerprint density at radius 1 is 1.28 bits per heavy atom. The zero-order chi connectivity index (χ0) is 13.6. The molecule has 1 fully saturated rings. The van der Waals surface area contributed by atoms with E-state index in [1.807, 2.05) is 0 Å². The van der Waals surface area contributed by atoms with Crippen LogP contribution in [-0.2, 0) is 4.74 Å². The second-order valence-electron chi connectivity index (χ2n) is 5.93. The average molecular weight is 257 g/mol. The van der Waals surface area contributed by atoms with E-state index in [1.54, 1.807) is 7.11 Å². The van der Waals surface area contributed by atoms with E-state index in [9.17, 15) is 0 Å². The summed E-state index contributed by atoms with van der Waals surface area (Å²) >= 11 is 0. The second-order valence-corrected chi connectivity index (χ2v) is 5.93. The Labute approximate surface area is 113 Å². The largest absolute Gasteiger partial charge is 0.383 e. The fourth-order valence-electron chi connectivity index (χ4n) is 2.59. The molecule has 0 saturated heterocycles. The van der Waals surface area contributed by atoms with E-state index in [1.165, 1.54) is 25.8 Å². The monoisotopic (exact) mass is 257 g/mol. The van der Waals surface area contributed by atoms with E-state index in [0.29, 0.717) is 11.6 Å². The number of nitrogens with one attached hydrogen (secondary N) is 1. The number of likely N-dealkylation sites (N-methyl/N-ethyl adjacent to an activating group) is 2. The lowest BCUT2D eigenvalue weighted by Gasteiger charge is -2.50. The van der Waals surface area contributed by atoms with Gasteiger partial charge in [0, 0.05) is 38.3 Å². The van der Waals surface area contributed by atoms with Crippen LogP contribution in [0.2, 0.25) is 0 Å². The van der Waals surface area contributed by atoms with Crippen LogP contribution in [0.4, 0.5) is 0 Å². The fraction of sp³-hybridized carbons (Fsp3) is 1.00. The van der Waals surface area contributed by atoms with Gasteiger partial charge in [-0.15, -0.1) is 0 Å². The Kier molecular flexibility index (Phi) is 6.57. The first kappa shape index (κ1) is 15.9. The molecule has 18 heavy (non-hydrogen) atoms. The molecule has 1 saturated carbocycles. The highest BCUT2D eigenvalue weighted by molar-refractivity contribution is 4.98. The average Bonchev–Trinajstić information content (AvgIpc) is 2.28. The molecule has 108 valence electrons. The third kappa shape index (κ3) is 4.19.